The molecule has 0 fully saturated rings. The van der Waals surface area contributed by atoms with Crippen LogP contribution in [0.3, 0.4) is 0 Å². The van der Waals surface area contributed by atoms with Crippen LogP contribution in [-0.4, -0.2) is 22.3 Å². The number of rotatable bonds is 3. The van der Waals surface area contributed by atoms with Crippen LogP contribution in [0.4, 0.5) is 0 Å². The molecule has 0 radical (unpaired) electrons. The van der Waals surface area contributed by atoms with Crippen molar-refractivity contribution in [2.75, 3.05) is 0 Å². The summed E-state index contributed by atoms with van der Waals surface area (Å²) in [5, 5.41) is 24.9. The SMILES string of the molecule is O=C(N/N=C\c1cccc(O)c1)c1ccc2ccccc2c1O. The highest BCUT2D eigenvalue weighted by atomic mass is 16.3. The molecule has 0 saturated carbocycles. The maximum Gasteiger partial charge on any atom is 0.275 e. The van der Waals surface area contributed by atoms with Crippen LogP contribution in [0.1, 0.15) is 15.9 Å². The van der Waals surface area contributed by atoms with Crippen LogP contribution in [0.5, 0.6) is 11.5 Å². The fourth-order valence-corrected chi connectivity index (χ4v) is 2.27. The molecule has 0 atom stereocenters. The number of hydrogen-bond donors (Lipinski definition) is 3. The van der Waals surface area contributed by atoms with Crippen molar-refractivity contribution in [2.24, 2.45) is 5.10 Å². The van der Waals surface area contributed by atoms with Crippen molar-refractivity contribution in [2.45, 2.75) is 0 Å². The standard InChI is InChI=1S/C18H14N2O3/c21-14-6-3-4-12(10-14)11-19-20-18(23)16-9-8-13-5-1-2-7-15(13)17(16)22/h1-11,21-22H,(H,20,23)/b19-11-. The van der Waals surface area contributed by atoms with Crippen molar-refractivity contribution in [3.8, 4) is 11.5 Å². The second-order valence-corrected chi connectivity index (χ2v) is 4.98. The number of fused-ring (bicyclic) bond motifs is 1. The number of phenolic OH excluding ortho intramolecular Hbond substituents is 2. The molecule has 23 heavy (non-hydrogen) atoms. The summed E-state index contributed by atoms with van der Waals surface area (Å²) in [4.78, 5) is 12.1. The number of hydrogen-bond acceptors (Lipinski definition) is 4. The molecule has 0 bridgehead atoms. The van der Waals surface area contributed by atoms with E-state index in [1.807, 2.05) is 12.1 Å². The molecule has 3 aromatic carbocycles. The molecule has 1 amide bonds. The van der Waals surface area contributed by atoms with E-state index in [9.17, 15) is 15.0 Å². The van der Waals surface area contributed by atoms with Crippen molar-refractivity contribution in [3.63, 3.8) is 0 Å². The van der Waals surface area contributed by atoms with Crippen molar-refractivity contribution in [1.29, 1.82) is 0 Å². The molecule has 5 heteroatoms. The van der Waals surface area contributed by atoms with Gasteiger partial charge in [-0.25, -0.2) is 5.43 Å². The van der Waals surface area contributed by atoms with E-state index in [1.165, 1.54) is 12.3 Å². The van der Waals surface area contributed by atoms with Crippen molar-refractivity contribution < 1.29 is 15.0 Å². The number of phenols is 2. The Morgan fingerprint density at radius 2 is 1.83 bits per heavy atom. The number of nitrogens with one attached hydrogen (secondary N) is 1. The molecule has 3 N–H and O–H groups in total. The Hall–Kier alpha value is -3.34. The van der Waals surface area contributed by atoms with E-state index in [2.05, 4.69) is 10.5 Å². The van der Waals surface area contributed by atoms with Crippen LogP contribution in [0.2, 0.25) is 0 Å². The topological polar surface area (TPSA) is 81.9 Å². The lowest BCUT2D eigenvalue weighted by molar-refractivity contribution is 0.0952. The summed E-state index contributed by atoms with van der Waals surface area (Å²) in [7, 11) is 0. The van der Waals surface area contributed by atoms with E-state index in [4.69, 9.17) is 0 Å². The third kappa shape index (κ3) is 3.13. The zero-order chi connectivity index (χ0) is 16.2. The maximum absolute atomic E-state index is 12.1. The Bertz CT molecular complexity index is 904. The van der Waals surface area contributed by atoms with Crippen molar-refractivity contribution in [1.82, 2.24) is 5.43 Å². The summed E-state index contributed by atoms with van der Waals surface area (Å²) < 4.78 is 0. The Morgan fingerprint density at radius 3 is 2.65 bits per heavy atom. The van der Waals surface area contributed by atoms with Crippen LogP contribution in [0.15, 0.2) is 65.8 Å². The second kappa shape index (κ2) is 6.19. The van der Waals surface area contributed by atoms with Crippen molar-refractivity contribution in [3.05, 3.63) is 71.8 Å². The third-order valence-electron chi connectivity index (χ3n) is 3.40. The predicted molar refractivity (Wildman–Crippen MR) is 88.8 cm³/mol. The molecule has 3 rings (SSSR count). The normalized spacial score (nSPS) is 11.0. The molecule has 0 saturated heterocycles. The minimum Gasteiger partial charge on any atom is -0.508 e. The Labute approximate surface area is 132 Å². The molecule has 0 aliphatic carbocycles. The fraction of sp³-hybridized carbons (Fsp3) is 0. The first-order chi connectivity index (χ1) is 11.1. The molecule has 3 aromatic rings. The van der Waals surface area contributed by atoms with Gasteiger partial charge in [-0.1, -0.05) is 42.5 Å². The van der Waals surface area contributed by atoms with Gasteiger partial charge in [0.25, 0.3) is 5.91 Å². The maximum atomic E-state index is 12.1. The van der Waals surface area contributed by atoms with Gasteiger partial charge in [0, 0.05) is 5.39 Å². The first-order valence-corrected chi connectivity index (χ1v) is 6.98. The molecular weight excluding hydrogens is 292 g/mol. The van der Waals surface area contributed by atoms with Crippen LogP contribution >= 0.6 is 0 Å². The Morgan fingerprint density at radius 1 is 1.00 bits per heavy atom. The van der Waals surface area contributed by atoms with E-state index in [0.29, 0.717) is 10.9 Å². The van der Waals surface area contributed by atoms with Gasteiger partial charge in [-0.2, -0.15) is 5.10 Å². The highest BCUT2D eigenvalue weighted by Crippen LogP contribution is 2.28. The van der Waals surface area contributed by atoms with E-state index in [0.717, 1.165) is 5.39 Å². The second-order valence-electron chi connectivity index (χ2n) is 4.98. The lowest BCUT2D eigenvalue weighted by atomic mass is 10.1. The lowest BCUT2D eigenvalue weighted by Crippen LogP contribution is -2.17. The molecule has 0 unspecified atom stereocenters. The van der Waals surface area contributed by atoms with Crippen LogP contribution in [0.25, 0.3) is 10.8 Å². The fourth-order valence-electron chi connectivity index (χ4n) is 2.27. The Balaban J connectivity index is 1.80. The minimum absolute atomic E-state index is 0.0758. The van der Waals surface area contributed by atoms with E-state index < -0.39 is 5.91 Å². The number of aromatic hydroxyl groups is 2. The molecule has 0 spiro atoms. The molecular formula is C18H14N2O3. The smallest absolute Gasteiger partial charge is 0.275 e. The monoisotopic (exact) mass is 306 g/mol. The summed E-state index contributed by atoms with van der Waals surface area (Å²) in [6.07, 6.45) is 1.41. The Kier molecular flexibility index (Phi) is 3.93. The van der Waals surface area contributed by atoms with E-state index >= 15 is 0 Å². The average molecular weight is 306 g/mol. The van der Waals surface area contributed by atoms with Crippen LogP contribution in [0, 0.1) is 0 Å². The molecule has 0 aliphatic heterocycles. The van der Waals surface area contributed by atoms with Gasteiger partial charge in [0.1, 0.15) is 11.5 Å². The van der Waals surface area contributed by atoms with Crippen LogP contribution in [-0.2, 0) is 0 Å². The van der Waals surface area contributed by atoms with Gasteiger partial charge in [0.2, 0.25) is 0 Å². The highest BCUT2D eigenvalue weighted by molar-refractivity contribution is 6.03. The lowest BCUT2D eigenvalue weighted by Gasteiger charge is -2.06. The average Bonchev–Trinajstić information content (AvgIpc) is 2.55. The summed E-state index contributed by atoms with van der Waals surface area (Å²) in [5.74, 6) is -0.467. The minimum atomic E-state index is -0.510. The molecule has 5 nitrogen and oxygen atoms in total. The predicted octanol–water partition coefficient (Wildman–Crippen LogP) is 3.01. The van der Waals surface area contributed by atoms with E-state index in [-0.39, 0.29) is 17.1 Å². The number of amides is 1. The number of hydrazone groups is 1. The molecule has 0 heterocycles. The number of nitrogens with zero attached hydrogens (tertiary/aromatic N) is 1. The summed E-state index contributed by atoms with van der Waals surface area (Å²) in [5.41, 5.74) is 3.16. The summed E-state index contributed by atoms with van der Waals surface area (Å²) >= 11 is 0. The number of carbonyl (C=O) groups excluding carboxylic acids is 1. The van der Waals surface area contributed by atoms with Crippen molar-refractivity contribution >= 4 is 22.9 Å². The zero-order valence-electron chi connectivity index (χ0n) is 12.1. The van der Waals surface area contributed by atoms with Gasteiger partial charge in [-0.05, 0) is 29.1 Å². The first-order valence-electron chi connectivity index (χ1n) is 6.98. The van der Waals surface area contributed by atoms with Gasteiger partial charge in [0.15, 0.2) is 0 Å². The third-order valence-corrected chi connectivity index (χ3v) is 3.40. The molecule has 0 aromatic heterocycles. The van der Waals surface area contributed by atoms with Gasteiger partial charge < -0.3 is 10.2 Å². The number of benzene rings is 3. The summed E-state index contributed by atoms with van der Waals surface area (Å²) in [6, 6.07) is 17.1. The molecule has 114 valence electrons. The zero-order valence-corrected chi connectivity index (χ0v) is 12.1. The number of carbonyl (C=O) groups is 1. The summed E-state index contributed by atoms with van der Waals surface area (Å²) in [6.45, 7) is 0. The largest absolute Gasteiger partial charge is 0.508 e. The quantitative estimate of drug-likeness (QED) is 0.514. The van der Waals surface area contributed by atoms with Gasteiger partial charge >= 0.3 is 0 Å². The first kappa shape index (κ1) is 14.6. The van der Waals surface area contributed by atoms with E-state index in [1.54, 1.807) is 42.5 Å². The van der Waals surface area contributed by atoms with Gasteiger partial charge in [0.05, 0.1) is 11.8 Å². The van der Waals surface area contributed by atoms with Crippen LogP contribution < -0.4 is 5.43 Å². The van der Waals surface area contributed by atoms with Gasteiger partial charge in [-0.3, -0.25) is 4.79 Å². The van der Waals surface area contributed by atoms with Gasteiger partial charge in [-0.15, -0.1) is 0 Å². The molecule has 0 aliphatic rings. The highest BCUT2D eigenvalue weighted by Gasteiger charge is 2.12.